The highest BCUT2D eigenvalue weighted by Crippen LogP contribution is 2.45. The summed E-state index contributed by atoms with van der Waals surface area (Å²) < 4.78 is 68.3. The molecular weight excluding hydrogens is 1190 g/mol. The standard InChI is InChI=1S/C71H138O17P2/c1-7-10-12-14-16-18-19-22-26-30-36-42-48-54-69(74)82-59-66(87-70(75)55-49-43-37-31-27-24-21-20-23-25-29-34-40-46-52-64(6)9-3)61-85-89(77,78)83-57-65(72)58-84-90(79,80)86-62-67(60-81-68(73)53-47-41-35-28-17-15-13-11-8-2)88-71(76)56-50-44-38-32-33-39-45-51-63(4)5/h63-67,72H,7-62H2,1-6H3,(H,77,78)(H,79,80)/t64?,65-,66-,67-/m1/s1. The van der Waals surface area contributed by atoms with Gasteiger partial charge in [0, 0.05) is 25.7 Å². The van der Waals surface area contributed by atoms with Crippen molar-refractivity contribution in [2.75, 3.05) is 39.6 Å². The van der Waals surface area contributed by atoms with Gasteiger partial charge in [0.25, 0.3) is 0 Å². The number of hydrogen-bond acceptors (Lipinski definition) is 15. The van der Waals surface area contributed by atoms with Gasteiger partial charge in [-0.25, -0.2) is 9.13 Å². The highest BCUT2D eigenvalue weighted by atomic mass is 31.2. The quantitative estimate of drug-likeness (QED) is 0.0222. The summed E-state index contributed by atoms with van der Waals surface area (Å²) in [5.41, 5.74) is 0. The van der Waals surface area contributed by atoms with Crippen LogP contribution in [0, 0.1) is 11.8 Å². The van der Waals surface area contributed by atoms with Crippen LogP contribution in [-0.2, 0) is 65.4 Å². The van der Waals surface area contributed by atoms with E-state index in [1.54, 1.807) is 0 Å². The van der Waals surface area contributed by atoms with E-state index in [9.17, 15) is 43.2 Å². The van der Waals surface area contributed by atoms with Crippen LogP contribution in [0.25, 0.3) is 0 Å². The lowest BCUT2D eigenvalue weighted by molar-refractivity contribution is -0.161. The maximum atomic E-state index is 13.0. The van der Waals surface area contributed by atoms with E-state index in [-0.39, 0.29) is 25.7 Å². The van der Waals surface area contributed by atoms with Gasteiger partial charge in [-0.3, -0.25) is 37.3 Å². The van der Waals surface area contributed by atoms with E-state index in [1.165, 1.54) is 180 Å². The van der Waals surface area contributed by atoms with Crippen molar-refractivity contribution < 1.29 is 80.2 Å². The van der Waals surface area contributed by atoms with E-state index in [0.717, 1.165) is 95.8 Å². The minimum absolute atomic E-state index is 0.104. The molecule has 0 aromatic carbocycles. The molecule has 0 heterocycles. The molecule has 0 aliphatic rings. The van der Waals surface area contributed by atoms with Crippen molar-refractivity contribution in [3.63, 3.8) is 0 Å². The van der Waals surface area contributed by atoms with Crippen LogP contribution in [0.1, 0.15) is 363 Å². The Balaban J connectivity index is 5.22. The Hall–Kier alpha value is -1.94. The van der Waals surface area contributed by atoms with E-state index in [4.69, 9.17) is 37.0 Å². The topological polar surface area (TPSA) is 237 Å². The minimum Gasteiger partial charge on any atom is -0.462 e. The zero-order valence-electron chi connectivity index (χ0n) is 58.4. The van der Waals surface area contributed by atoms with Crippen molar-refractivity contribution in [2.45, 2.75) is 381 Å². The summed E-state index contributed by atoms with van der Waals surface area (Å²) in [7, 11) is -9.90. The smallest absolute Gasteiger partial charge is 0.462 e. The van der Waals surface area contributed by atoms with Crippen molar-refractivity contribution in [1.82, 2.24) is 0 Å². The molecule has 0 saturated heterocycles. The van der Waals surface area contributed by atoms with Crippen LogP contribution >= 0.6 is 15.6 Å². The maximum absolute atomic E-state index is 13.0. The van der Waals surface area contributed by atoms with Crippen LogP contribution in [0.5, 0.6) is 0 Å². The summed E-state index contributed by atoms with van der Waals surface area (Å²) in [5.74, 6) is -0.583. The first-order valence-electron chi connectivity index (χ1n) is 37.0. The lowest BCUT2D eigenvalue weighted by Gasteiger charge is -2.21. The SMILES string of the molecule is CCCCCCCCCCCCCCCC(=O)OC[C@H](COP(=O)(O)OC[C@@H](O)COP(=O)(O)OC[C@@H](COC(=O)CCCCCCCCCCC)OC(=O)CCCCCCCCCC(C)C)OC(=O)CCCCCCCCCCCCCCCCC(C)CC. The fraction of sp³-hybridized carbons (Fsp3) is 0.944. The molecule has 0 rings (SSSR count). The lowest BCUT2D eigenvalue weighted by Crippen LogP contribution is -2.30. The summed E-state index contributed by atoms with van der Waals surface area (Å²) in [6.07, 6.45) is 48.6. The van der Waals surface area contributed by atoms with Crippen molar-refractivity contribution in [3.8, 4) is 0 Å². The predicted octanol–water partition coefficient (Wildman–Crippen LogP) is 20.4. The van der Waals surface area contributed by atoms with Crippen LogP contribution in [0.15, 0.2) is 0 Å². The van der Waals surface area contributed by atoms with Gasteiger partial charge >= 0.3 is 39.5 Å². The molecule has 0 aliphatic carbocycles. The number of esters is 4. The second kappa shape index (κ2) is 63.1. The van der Waals surface area contributed by atoms with Crippen molar-refractivity contribution >= 4 is 39.5 Å². The van der Waals surface area contributed by atoms with Gasteiger partial charge in [-0.05, 0) is 37.5 Å². The number of hydrogen-bond donors (Lipinski definition) is 3. The molecule has 0 saturated carbocycles. The first-order valence-corrected chi connectivity index (χ1v) is 40.0. The van der Waals surface area contributed by atoms with E-state index in [1.807, 2.05) is 0 Å². The third-order valence-corrected chi connectivity index (χ3v) is 18.7. The van der Waals surface area contributed by atoms with Gasteiger partial charge in [0.05, 0.1) is 26.4 Å². The van der Waals surface area contributed by atoms with E-state index < -0.39 is 97.5 Å². The number of aliphatic hydroxyl groups is 1. The predicted molar refractivity (Wildman–Crippen MR) is 363 cm³/mol. The number of aliphatic hydroxyl groups excluding tert-OH is 1. The van der Waals surface area contributed by atoms with Crippen LogP contribution < -0.4 is 0 Å². The van der Waals surface area contributed by atoms with Crippen LogP contribution in [-0.4, -0.2) is 96.7 Å². The van der Waals surface area contributed by atoms with Gasteiger partial charge in [-0.15, -0.1) is 0 Å². The number of phosphoric acid groups is 2. The Morgan fingerprint density at radius 1 is 0.322 bits per heavy atom. The number of phosphoric ester groups is 2. The van der Waals surface area contributed by atoms with Crippen LogP contribution in [0.3, 0.4) is 0 Å². The third kappa shape index (κ3) is 63.5. The molecule has 0 spiro atoms. The monoisotopic (exact) mass is 1320 g/mol. The van der Waals surface area contributed by atoms with Crippen molar-refractivity contribution in [1.29, 1.82) is 0 Å². The number of ether oxygens (including phenoxy) is 4. The third-order valence-electron chi connectivity index (χ3n) is 16.8. The van der Waals surface area contributed by atoms with E-state index in [2.05, 4.69) is 41.5 Å². The summed E-state index contributed by atoms with van der Waals surface area (Å²) >= 11 is 0. The maximum Gasteiger partial charge on any atom is 0.472 e. The largest absolute Gasteiger partial charge is 0.472 e. The Labute approximate surface area is 549 Å². The lowest BCUT2D eigenvalue weighted by atomic mass is 9.99. The first kappa shape index (κ1) is 88.1. The second-order valence-electron chi connectivity index (χ2n) is 26.3. The van der Waals surface area contributed by atoms with E-state index >= 15 is 0 Å². The zero-order chi connectivity index (χ0) is 66.5. The van der Waals surface area contributed by atoms with Crippen LogP contribution in [0.4, 0.5) is 0 Å². The molecule has 3 unspecified atom stereocenters. The van der Waals surface area contributed by atoms with Crippen LogP contribution in [0.2, 0.25) is 0 Å². The zero-order valence-corrected chi connectivity index (χ0v) is 60.2. The number of rotatable bonds is 70. The highest BCUT2D eigenvalue weighted by Gasteiger charge is 2.30. The Bertz CT molecular complexity index is 1750. The molecule has 534 valence electrons. The Morgan fingerprint density at radius 3 is 0.844 bits per heavy atom. The van der Waals surface area contributed by atoms with Gasteiger partial charge < -0.3 is 33.8 Å². The van der Waals surface area contributed by atoms with Gasteiger partial charge in [0.1, 0.15) is 19.3 Å². The molecule has 6 atom stereocenters. The fourth-order valence-electron chi connectivity index (χ4n) is 10.7. The molecule has 0 aromatic heterocycles. The molecule has 0 radical (unpaired) electrons. The van der Waals surface area contributed by atoms with Gasteiger partial charge in [-0.1, -0.05) is 311 Å². The van der Waals surface area contributed by atoms with Gasteiger partial charge in [-0.2, -0.15) is 0 Å². The van der Waals surface area contributed by atoms with Gasteiger partial charge in [0.2, 0.25) is 0 Å². The van der Waals surface area contributed by atoms with E-state index in [0.29, 0.717) is 31.6 Å². The molecular formula is C71H138O17P2. The average Bonchev–Trinajstić information content (AvgIpc) is 3.10. The number of unbranched alkanes of at least 4 members (excludes halogenated alkanes) is 39. The number of carbonyl (C=O) groups is 4. The highest BCUT2D eigenvalue weighted by molar-refractivity contribution is 7.47. The summed E-state index contributed by atoms with van der Waals surface area (Å²) in [6.45, 7) is 9.53. The first-order chi connectivity index (χ1) is 43.4. The second-order valence-corrected chi connectivity index (χ2v) is 29.3. The fourth-order valence-corrected chi connectivity index (χ4v) is 12.3. The molecule has 0 fully saturated rings. The molecule has 0 amide bonds. The Morgan fingerprint density at radius 2 is 0.567 bits per heavy atom. The molecule has 17 nitrogen and oxygen atoms in total. The molecule has 0 aliphatic heterocycles. The molecule has 0 bridgehead atoms. The minimum atomic E-state index is -4.95. The van der Waals surface area contributed by atoms with Crippen molar-refractivity contribution in [3.05, 3.63) is 0 Å². The summed E-state index contributed by atoms with van der Waals surface area (Å²) in [4.78, 5) is 72.5. The number of carbonyl (C=O) groups excluding carboxylic acids is 4. The molecule has 0 aromatic rings. The van der Waals surface area contributed by atoms with Crippen molar-refractivity contribution in [2.24, 2.45) is 11.8 Å². The van der Waals surface area contributed by atoms with Gasteiger partial charge in [0.15, 0.2) is 12.2 Å². The summed E-state index contributed by atoms with van der Waals surface area (Å²) in [6, 6.07) is 0. The Kier molecular flexibility index (Phi) is 61.8. The average molecular weight is 1330 g/mol. The molecule has 19 heteroatoms. The molecule has 90 heavy (non-hydrogen) atoms. The normalized spacial score (nSPS) is 14.4. The summed E-state index contributed by atoms with van der Waals surface area (Å²) in [5, 5.41) is 10.6. The molecule has 3 N–H and O–H groups in total.